The van der Waals surface area contributed by atoms with E-state index in [4.69, 9.17) is 9.16 Å². The standard InChI is InChI=1S/C28H41N5O4Si/c1-19(2)30-27-29-13-10-24(31-27)33(26(35)21-8-9-23-20(16-21)12-15-36-23)18-25(34)32-14-11-22(17-32)37-38(6,7)28(3,4)5/h8-10,13,16,19,22H,11-12,14-15,17-18H2,1-7H3,(H,29,30,31)/t22-/m0/s1. The Hall–Kier alpha value is -2.98. The monoisotopic (exact) mass is 539 g/mol. The second-order valence-electron chi connectivity index (χ2n) is 12.0. The zero-order valence-corrected chi connectivity index (χ0v) is 24.7. The molecule has 2 aliphatic rings. The molecule has 2 aliphatic heterocycles. The fraction of sp³-hybridized carbons (Fsp3) is 0.571. The van der Waals surface area contributed by atoms with Gasteiger partial charge in [0, 0.05) is 37.3 Å². The summed E-state index contributed by atoms with van der Waals surface area (Å²) in [4.78, 5) is 39.4. The molecule has 1 atom stereocenters. The number of carbonyl (C=O) groups excluding carboxylic acids is 2. The number of hydrogen-bond donors (Lipinski definition) is 1. The summed E-state index contributed by atoms with van der Waals surface area (Å²) in [6.07, 6.45) is 3.18. The molecule has 0 bridgehead atoms. The first kappa shape index (κ1) is 28.0. The number of aromatic nitrogens is 2. The highest BCUT2D eigenvalue weighted by atomic mass is 28.4. The van der Waals surface area contributed by atoms with E-state index in [1.54, 1.807) is 18.3 Å². The Morgan fingerprint density at radius 2 is 2.03 bits per heavy atom. The minimum Gasteiger partial charge on any atom is -0.493 e. The molecule has 0 spiro atoms. The lowest BCUT2D eigenvalue weighted by Crippen LogP contribution is -2.46. The van der Waals surface area contributed by atoms with Crippen molar-refractivity contribution < 1.29 is 18.8 Å². The predicted molar refractivity (Wildman–Crippen MR) is 151 cm³/mol. The molecular weight excluding hydrogens is 498 g/mol. The Balaban J connectivity index is 1.54. The number of carbonyl (C=O) groups is 2. The summed E-state index contributed by atoms with van der Waals surface area (Å²) in [5, 5.41) is 3.28. The first-order valence-electron chi connectivity index (χ1n) is 13.5. The molecule has 0 unspecified atom stereocenters. The van der Waals surface area contributed by atoms with Crippen LogP contribution < -0.4 is 15.0 Å². The van der Waals surface area contributed by atoms with E-state index in [1.165, 1.54) is 4.90 Å². The van der Waals surface area contributed by atoms with Gasteiger partial charge < -0.3 is 19.4 Å². The number of hydrogen-bond acceptors (Lipinski definition) is 7. The van der Waals surface area contributed by atoms with Crippen LogP contribution in [0.3, 0.4) is 0 Å². The number of ether oxygens (including phenoxy) is 1. The molecule has 0 aliphatic carbocycles. The lowest BCUT2D eigenvalue weighted by molar-refractivity contribution is -0.128. The largest absolute Gasteiger partial charge is 0.493 e. The van der Waals surface area contributed by atoms with Crippen LogP contribution in [0.25, 0.3) is 0 Å². The van der Waals surface area contributed by atoms with Crippen LogP contribution >= 0.6 is 0 Å². The fourth-order valence-electron chi connectivity index (χ4n) is 4.44. The van der Waals surface area contributed by atoms with Crippen LogP contribution in [0.15, 0.2) is 30.5 Å². The second-order valence-corrected chi connectivity index (χ2v) is 16.7. The van der Waals surface area contributed by atoms with Crippen LogP contribution in [0, 0.1) is 0 Å². The maximum atomic E-state index is 13.8. The molecular formula is C28H41N5O4Si. The van der Waals surface area contributed by atoms with E-state index in [0.29, 0.717) is 37.0 Å². The van der Waals surface area contributed by atoms with Crippen LogP contribution in [0.5, 0.6) is 5.75 Å². The average molecular weight is 540 g/mol. The fourth-order valence-corrected chi connectivity index (χ4v) is 5.82. The van der Waals surface area contributed by atoms with Gasteiger partial charge in [-0.15, -0.1) is 0 Å². The Labute approximate surface area is 227 Å². The topological polar surface area (TPSA) is 96.9 Å². The number of likely N-dealkylation sites (tertiary alicyclic amines) is 1. The third kappa shape index (κ3) is 6.35. The Morgan fingerprint density at radius 1 is 1.26 bits per heavy atom. The molecule has 38 heavy (non-hydrogen) atoms. The summed E-state index contributed by atoms with van der Waals surface area (Å²) in [5.41, 5.74) is 1.50. The van der Waals surface area contributed by atoms with Gasteiger partial charge >= 0.3 is 0 Å². The van der Waals surface area contributed by atoms with E-state index in [-0.39, 0.29) is 35.5 Å². The minimum atomic E-state index is -1.95. The highest BCUT2D eigenvalue weighted by Crippen LogP contribution is 2.38. The maximum Gasteiger partial charge on any atom is 0.259 e. The summed E-state index contributed by atoms with van der Waals surface area (Å²) in [5.74, 6) is 1.19. The predicted octanol–water partition coefficient (Wildman–Crippen LogP) is 4.50. The molecule has 2 amide bonds. The molecule has 1 fully saturated rings. The lowest BCUT2D eigenvalue weighted by atomic mass is 10.1. The molecule has 9 nitrogen and oxygen atoms in total. The van der Waals surface area contributed by atoms with Crippen LogP contribution in [-0.2, 0) is 15.6 Å². The summed E-state index contributed by atoms with van der Waals surface area (Å²) in [7, 11) is -1.95. The SMILES string of the molecule is CC(C)Nc1nccc(N(CC(=O)N2CC[C@H](O[Si](C)(C)C(C)(C)C)C2)C(=O)c2ccc3c(c2)CCO3)n1. The van der Waals surface area contributed by atoms with E-state index in [9.17, 15) is 9.59 Å². The van der Waals surface area contributed by atoms with Crippen LogP contribution in [0.2, 0.25) is 18.1 Å². The summed E-state index contributed by atoms with van der Waals surface area (Å²) >= 11 is 0. The van der Waals surface area contributed by atoms with Crippen molar-refractivity contribution >= 4 is 31.9 Å². The number of rotatable bonds is 8. The third-order valence-electron chi connectivity index (χ3n) is 7.58. The average Bonchev–Trinajstić information content (AvgIpc) is 3.49. The molecule has 1 N–H and O–H groups in total. The van der Waals surface area contributed by atoms with Crippen molar-refractivity contribution in [2.75, 3.05) is 36.5 Å². The molecule has 2 aromatic rings. The Morgan fingerprint density at radius 3 is 2.74 bits per heavy atom. The van der Waals surface area contributed by atoms with Crippen molar-refractivity contribution in [3.05, 3.63) is 41.6 Å². The van der Waals surface area contributed by atoms with E-state index >= 15 is 0 Å². The maximum absolute atomic E-state index is 13.8. The normalized spacial score (nSPS) is 17.4. The van der Waals surface area contributed by atoms with Crippen molar-refractivity contribution in [2.24, 2.45) is 0 Å². The van der Waals surface area contributed by atoms with Gasteiger partial charge in [0.1, 0.15) is 18.1 Å². The molecule has 0 radical (unpaired) electrons. The number of fused-ring (bicyclic) bond motifs is 1. The highest BCUT2D eigenvalue weighted by molar-refractivity contribution is 6.74. The first-order valence-corrected chi connectivity index (χ1v) is 16.4. The molecule has 10 heteroatoms. The summed E-state index contributed by atoms with van der Waals surface area (Å²) in [6.45, 7) is 16.7. The smallest absolute Gasteiger partial charge is 0.259 e. The molecule has 206 valence electrons. The van der Waals surface area contributed by atoms with Gasteiger partial charge in [0.2, 0.25) is 11.9 Å². The van der Waals surface area contributed by atoms with Crippen LogP contribution in [0.1, 0.15) is 57.0 Å². The Bertz CT molecular complexity index is 1180. The molecule has 4 rings (SSSR count). The van der Waals surface area contributed by atoms with Crippen molar-refractivity contribution in [3.63, 3.8) is 0 Å². The van der Waals surface area contributed by atoms with Gasteiger partial charge in [-0.05, 0) is 68.2 Å². The molecule has 1 saturated heterocycles. The summed E-state index contributed by atoms with van der Waals surface area (Å²) < 4.78 is 12.2. The summed E-state index contributed by atoms with van der Waals surface area (Å²) in [6, 6.07) is 7.22. The number of anilines is 2. The van der Waals surface area contributed by atoms with Gasteiger partial charge in [0.25, 0.3) is 5.91 Å². The van der Waals surface area contributed by atoms with Gasteiger partial charge in [0.05, 0.1) is 12.7 Å². The third-order valence-corrected chi connectivity index (χ3v) is 12.1. The van der Waals surface area contributed by atoms with E-state index in [2.05, 4.69) is 49.1 Å². The molecule has 3 heterocycles. The van der Waals surface area contributed by atoms with Gasteiger partial charge in [-0.25, -0.2) is 4.98 Å². The molecule has 1 aromatic heterocycles. The first-order chi connectivity index (χ1) is 17.8. The molecule has 0 saturated carbocycles. The van der Waals surface area contributed by atoms with Crippen molar-refractivity contribution in [2.45, 2.75) is 77.7 Å². The zero-order valence-electron chi connectivity index (χ0n) is 23.7. The second kappa shape index (κ2) is 11.0. The van der Waals surface area contributed by atoms with Crippen molar-refractivity contribution in [1.82, 2.24) is 14.9 Å². The Kier molecular flexibility index (Phi) is 8.13. The lowest BCUT2D eigenvalue weighted by Gasteiger charge is -2.38. The minimum absolute atomic E-state index is 0.0154. The van der Waals surface area contributed by atoms with E-state index < -0.39 is 8.32 Å². The molecule has 1 aromatic carbocycles. The van der Waals surface area contributed by atoms with Gasteiger partial charge in [-0.2, -0.15) is 4.98 Å². The van der Waals surface area contributed by atoms with Gasteiger partial charge in [-0.1, -0.05) is 20.8 Å². The van der Waals surface area contributed by atoms with Crippen LogP contribution in [0.4, 0.5) is 11.8 Å². The zero-order chi connectivity index (χ0) is 27.7. The van der Waals surface area contributed by atoms with Gasteiger partial charge in [-0.3, -0.25) is 14.5 Å². The number of nitrogens with one attached hydrogen (secondary N) is 1. The van der Waals surface area contributed by atoms with Crippen LogP contribution in [-0.4, -0.2) is 73.4 Å². The highest BCUT2D eigenvalue weighted by Gasteiger charge is 2.41. The van der Waals surface area contributed by atoms with Crippen molar-refractivity contribution in [1.29, 1.82) is 0 Å². The van der Waals surface area contributed by atoms with Crippen molar-refractivity contribution in [3.8, 4) is 5.75 Å². The number of nitrogens with zero attached hydrogens (tertiary/aromatic N) is 4. The van der Waals surface area contributed by atoms with E-state index in [0.717, 1.165) is 24.2 Å². The quantitative estimate of drug-likeness (QED) is 0.493. The van der Waals surface area contributed by atoms with E-state index in [1.807, 2.05) is 30.9 Å². The number of amides is 2. The van der Waals surface area contributed by atoms with Gasteiger partial charge in [0.15, 0.2) is 8.32 Å². The number of benzene rings is 1.